The number of carbonyl (C=O) groups is 2. The summed E-state index contributed by atoms with van der Waals surface area (Å²) in [6.45, 7) is 2.66. The molecule has 2 aromatic rings. The van der Waals surface area contributed by atoms with Gasteiger partial charge in [-0.15, -0.1) is 0 Å². The molecule has 0 bridgehead atoms. The van der Waals surface area contributed by atoms with Gasteiger partial charge in [-0.25, -0.2) is 0 Å². The van der Waals surface area contributed by atoms with Crippen molar-refractivity contribution in [3.63, 3.8) is 0 Å². The lowest BCUT2D eigenvalue weighted by Crippen LogP contribution is -2.52. The van der Waals surface area contributed by atoms with E-state index in [4.69, 9.17) is 9.15 Å². The summed E-state index contributed by atoms with van der Waals surface area (Å²) in [4.78, 5) is 25.2. The lowest BCUT2D eigenvalue weighted by Gasteiger charge is -2.24. The highest BCUT2D eigenvalue weighted by molar-refractivity contribution is 5.95. The van der Waals surface area contributed by atoms with Crippen LogP contribution in [0.1, 0.15) is 35.9 Å². The third kappa shape index (κ3) is 4.73. The number of furan rings is 1. The Hall–Kier alpha value is -2.60. The molecule has 138 valence electrons. The summed E-state index contributed by atoms with van der Waals surface area (Å²) in [5.41, 5.74) is 0.970. The van der Waals surface area contributed by atoms with Crippen LogP contribution in [0.3, 0.4) is 0 Å². The zero-order chi connectivity index (χ0) is 18.4. The van der Waals surface area contributed by atoms with Gasteiger partial charge < -0.3 is 19.8 Å². The van der Waals surface area contributed by atoms with Gasteiger partial charge in [0.25, 0.3) is 5.91 Å². The van der Waals surface area contributed by atoms with Gasteiger partial charge in [-0.1, -0.05) is 30.3 Å². The molecule has 1 fully saturated rings. The van der Waals surface area contributed by atoms with Crippen molar-refractivity contribution in [2.75, 3.05) is 6.61 Å². The number of nitrogens with one attached hydrogen (secondary N) is 2. The Morgan fingerprint density at radius 1 is 1.15 bits per heavy atom. The summed E-state index contributed by atoms with van der Waals surface area (Å²) in [6.07, 6.45) is 3.80. The van der Waals surface area contributed by atoms with Gasteiger partial charge in [-0.3, -0.25) is 9.59 Å². The number of hydrogen-bond donors (Lipinski definition) is 2. The Labute approximate surface area is 152 Å². The first kappa shape index (κ1) is 18.2. The molecule has 1 aromatic carbocycles. The van der Waals surface area contributed by atoms with E-state index in [0.717, 1.165) is 25.0 Å². The largest absolute Gasteiger partial charge is 0.459 e. The number of benzene rings is 1. The van der Waals surface area contributed by atoms with Gasteiger partial charge in [0.05, 0.1) is 18.4 Å². The van der Waals surface area contributed by atoms with Crippen molar-refractivity contribution in [1.82, 2.24) is 10.6 Å². The summed E-state index contributed by atoms with van der Waals surface area (Å²) in [6, 6.07) is 12.0. The second-order valence-electron chi connectivity index (χ2n) is 6.54. The minimum Gasteiger partial charge on any atom is -0.459 e. The highest BCUT2D eigenvalue weighted by atomic mass is 16.5. The molecule has 3 rings (SSSR count). The Balaban J connectivity index is 1.68. The van der Waals surface area contributed by atoms with Gasteiger partial charge >= 0.3 is 0 Å². The molecular formula is C20H24N2O4. The highest BCUT2D eigenvalue weighted by Crippen LogP contribution is 2.15. The minimum absolute atomic E-state index is 0.0251. The van der Waals surface area contributed by atoms with E-state index in [-0.39, 0.29) is 23.8 Å². The molecule has 3 unspecified atom stereocenters. The van der Waals surface area contributed by atoms with Crippen LogP contribution in [0.25, 0.3) is 0 Å². The second-order valence-corrected chi connectivity index (χ2v) is 6.54. The summed E-state index contributed by atoms with van der Waals surface area (Å²) in [5.74, 6) is -0.448. The van der Waals surface area contributed by atoms with E-state index >= 15 is 0 Å². The molecule has 0 spiro atoms. The fourth-order valence-electron chi connectivity index (χ4n) is 3.11. The summed E-state index contributed by atoms with van der Waals surface area (Å²) < 4.78 is 10.8. The summed E-state index contributed by atoms with van der Waals surface area (Å²) in [5, 5.41) is 5.76. The molecule has 0 saturated carbocycles. The van der Waals surface area contributed by atoms with Crippen molar-refractivity contribution in [2.45, 2.75) is 44.4 Å². The minimum atomic E-state index is -0.696. The van der Waals surface area contributed by atoms with Gasteiger partial charge in [0, 0.05) is 13.0 Å². The van der Waals surface area contributed by atoms with Crippen molar-refractivity contribution >= 4 is 11.8 Å². The van der Waals surface area contributed by atoms with E-state index in [1.165, 1.54) is 6.26 Å². The predicted molar refractivity (Wildman–Crippen MR) is 96.7 cm³/mol. The normalized spacial score (nSPS) is 18.9. The van der Waals surface area contributed by atoms with Crippen molar-refractivity contribution < 1.29 is 18.7 Å². The summed E-state index contributed by atoms with van der Waals surface area (Å²) >= 11 is 0. The zero-order valence-electron chi connectivity index (χ0n) is 14.8. The fraction of sp³-hybridized carbons (Fsp3) is 0.400. The van der Waals surface area contributed by atoms with Crippen molar-refractivity contribution in [1.29, 1.82) is 0 Å². The van der Waals surface area contributed by atoms with E-state index in [9.17, 15) is 9.59 Å². The molecule has 0 radical (unpaired) electrons. The van der Waals surface area contributed by atoms with E-state index in [1.54, 1.807) is 12.1 Å². The summed E-state index contributed by atoms with van der Waals surface area (Å²) in [7, 11) is 0. The van der Waals surface area contributed by atoms with Gasteiger partial charge in [0.1, 0.15) is 6.04 Å². The van der Waals surface area contributed by atoms with E-state index in [0.29, 0.717) is 6.42 Å². The second kappa shape index (κ2) is 8.67. The predicted octanol–water partition coefficient (Wildman–Crippen LogP) is 2.30. The molecule has 2 N–H and O–H groups in total. The lowest BCUT2D eigenvalue weighted by molar-refractivity contribution is -0.124. The molecule has 1 aliphatic heterocycles. The van der Waals surface area contributed by atoms with Crippen LogP contribution in [0.4, 0.5) is 0 Å². The van der Waals surface area contributed by atoms with Crippen LogP contribution in [0, 0.1) is 0 Å². The molecule has 0 aliphatic carbocycles. The van der Waals surface area contributed by atoms with Gasteiger partial charge in [0.15, 0.2) is 5.76 Å². The zero-order valence-corrected chi connectivity index (χ0v) is 14.8. The van der Waals surface area contributed by atoms with Crippen molar-refractivity contribution in [2.24, 2.45) is 0 Å². The molecule has 2 heterocycles. The maximum Gasteiger partial charge on any atom is 0.287 e. The molecule has 1 aromatic heterocycles. The molecule has 1 saturated heterocycles. The van der Waals surface area contributed by atoms with Crippen molar-refractivity contribution in [3.05, 3.63) is 60.1 Å². The Morgan fingerprint density at radius 2 is 1.96 bits per heavy atom. The molecule has 2 amide bonds. The SMILES string of the molecule is CC(NC(=O)C(Cc1ccccc1)NC(=O)c1ccco1)C1CCCO1. The van der Waals surface area contributed by atoms with Crippen molar-refractivity contribution in [3.8, 4) is 0 Å². The third-order valence-corrected chi connectivity index (χ3v) is 4.54. The van der Waals surface area contributed by atoms with Crippen LogP contribution in [0.2, 0.25) is 0 Å². The van der Waals surface area contributed by atoms with Gasteiger partial charge in [0.2, 0.25) is 5.91 Å². The number of rotatable bonds is 7. The Bertz CT molecular complexity index is 709. The van der Waals surface area contributed by atoms with Gasteiger partial charge in [-0.2, -0.15) is 0 Å². The quantitative estimate of drug-likeness (QED) is 0.798. The van der Waals surface area contributed by atoms with Crippen LogP contribution in [-0.4, -0.2) is 36.6 Å². The first-order valence-electron chi connectivity index (χ1n) is 8.94. The van der Waals surface area contributed by atoms with Crippen LogP contribution in [0.15, 0.2) is 53.1 Å². The monoisotopic (exact) mass is 356 g/mol. The van der Waals surface area contributed by atoms with Gasteiger partial charge in [-0.05, 0) is 37.5 Å². The Morgan fingerprint density at radius 3 is 2.62 bits per heavy atom. The third-order valence-electron chi connectivity index (χ3n) is 4.54. The molecule has 26 heavy (non-hydrogen) atoms. The lowest BCUT2D eigenvalue weighted by atomic mass is 10.0. The van der Waals surface area contributed by atoms with E-state index in [1.807, 2.05) is 37.3 Å². The topological polar surface area (TPSA) is 80.6 Å². The molecule has 3 atom stereocenters. The first-order chi connectivity index (χ1) is 12.6. The van der Waals surface area contributed by atoms with Crippen LogP contribution in [-0.2, 0) is 16.0 Å². The van der Waals surface area contributed by atoms with E-state index < -0.39 is 11.9 Å². The number of hydrogen-bond acceptors (Lipinski definition) is 4. The molecular weight excluding hydrogens is 332 g/mol. The number of carbonyl (C=O) groups excluding carboxylic acids is 2. The average molecular weight is 356 g/mol. The molecule has 6 heteroatoms. The maximum atomic E-state index is 12.8. The Kier molecular flexibility index (Phi) is 6.07. The first-order valence-corrected chi connectivity index (χ1v) is 8.94. The number of amides is 2. The van der Waals surface area contributed by atoms with Crippen LogP contribution < -0.4 is 10.6 Å². The highest BCUT2D eigenvalue weighted by Gasteiger charge is 2.28. The standard InChI is InChI=1S/C20H24N2O4/c1-14(17-9-5-11-25-17)21-19(23)16(13-15-7-3-2-4-8-15)22-20(24)18-10-6-12-26-18/h2-4,6-8,10,12,14,16-17H,5,9,11,13H2,1H3,(H,21,23)(H,22,24). The van der Waals surface area contributed by atoms with Crippen LogP contribution in [0.5, 0.6) is 0 Å². The molecule has 1 aliphatic rings. The maximum absolute atomic E-state index is 12.8. The fourth-order valence-corrected chi connectivity index (χ4v) is 3.11. The van der Waals surface area contributed by atoms with Crippen LogP contribution >= 0.6 is 0 Å². The molecule has 6 nitrogen and oxygen atoms in total. The number of ether oxygens (including phenoxy) is 1. The average Bonchev–Trinajstić information content (AvgIpc) is 3.35. The smallest absolute Gasteiger partial charge is 0.287 e. The van der Waals surface area contributed by atoms with E-state index in [2.05, 4.69) is 10.6 Å².